The molecule has 0 spiro atoms. The molecule has 126 valence electrons. The second-order valence-corrected chi connectivity index (χ2v) is 5.87. The van der Waals surface area contributed by atoms with Gasteiger partial charge in [0, 0.05) is 17.5 Å². The number of rotatable bonds is 3. The number of hydrogen-bond acceptors (Lipinski definition) is 3. The van der Waals surface area contributed by atoms with Gasteiger partial charge in [-0.2, -0.15) is 5.10 Å². The van der Waals surface area contributed by atoms with Gasteiger partial charge in [-0.1, -0.05) is 18.2 Å². The average molecular weight is 337 g/mol. The second kappa shape index (κ2) is 6.39. The van der Waals surface area contributed by atoms with Crippen LogP contribution >= 0.6 is 0 Å². The van der Waals surface area contributed by atoms with Gasteiger partial charge in [0.05, 0.1) is 30.1 Å². The quantitative estimate of drug-likeness (QED) is 0.769. The van der Waals surface area contributed by atoms with Gasteiger partial charge in [-0.3, -0.25) is 9.89 Å². The molecule has 1 aliphatic rings. The average Bonchev–Trinajstić information content (AvgIpc) is 3.12. The van der Waals surface area contributed by atoms with Crippen molar-refractivity contribution in [3.63, 3.8) is 0 Å². The van der Waals surface area contributed by atoms with Crippen LogP contribution in [0.15, 0.2) is 54.7 Å². The number of carbonyl (C=O) groups is 1. The molecule has 1 amide bonds. The lowest BCUT2D eigenvalue weighted by atomic mass is 10.00. The van der Waals surface area contributed by atoms with E-state index in [1.807, 2.05) is 24.3 Å². The van der Waals surface area contributed by atoms with Gasteiger partial charge < -0.3 is 10.1 Å². The van der Waals surface area contributed by atoms with E-state index in [0.717, 1.165) is 11.3 Å². The van der Waals surface area contributed by atoms with Crippen LogP contribution in [0, 0.1) is 5.82 Å². The molecule has 2 heterocycles. The smallest absolute Gasteiger partial charge is 0.255 e. The summed E-state index contributed by atoms with van der Waals surface area (Å²) in [6, 6.07) is 13.5. The number of H-pyrrole nitrogens is 1. The topological polar surface area (TPSA) is 67.0 Å². The summed E-state index contributed by atoms with van der Waals surface area (Å²) in [6.07, 6.45) is 2.19. The van der Waals surface area contributed by atoms with Crippen molar-refractivity contribution in [2.75, 3.05) is 6.61 Å². The number of aromatic nitrogens is 2. The lowest BCUT2D eigenvalue weighted by molar-refractivity contribution is 0.0925. The molecular formula is C19H16FN3O2. The van der Waals surface area contributed by atoms with Crippen LogP contribution in [0.3, 0.4) is 0 Å². The van der Waals surface area contributed by atoms with Crippen molar-refractivity contribution >= 4 is 5.91 Å². The minimum atomic E-state index is -0.326. The van der Waals surface area contributed by atoms with Gasteiger partial charge >= 0.3 is 0 Å². The molecule has 1 atom stereocenters. The van der Waals surface area contributed by atoms with E-state index >= 15 is 0 Å². The highest BCUT2D eigenvalue weighted by Crippen LogP contribution is 2.32. The number of aromatic amines is 1. The Morgan fingerprint density at radius 1 is 1.20 bits per heavy atom. The summed E-state index contributed by atoms with van der Waals surface area (Å²) in [5, 5.41) is 9.84. The molecule has 0 bridgehead atoms. The molecule has 2 aromatic carbocycles. The molecule has 0 radical (unpaired) electrons. The first-order valence-corrected chi connectivity index (χ1v) is 8.04. The van der Waals surface area contributed by atoms with E-state index in [1.165, 1.54) is 18.3 Å². The second-order valence-electron chi connectivity index (χ2n) is 5.87. The number of benzene rings is 2. The lowest BCUT2D eigenvalue weighted by Gasteiger charge is -2.26. The molecule has 2 N–H and O–H groups in total. The van der Waals surface area contributed by atoms with Crippen molar-refractivity contribution in [2.24, 2.45) is 0 Å². The van der Waals surface area contributed by atoms with Crippen molar-refractivity contribution in [1.29, 1.82) is 0 Å². The fraction of sp³-hybridized carbons (Fsp3) is 0.158. The lowest BCUT2D eigenvalue weighted by Crippen LogP contribution is -2.32. The summed E-state index contributed by atoms with van der Waals surface area (Å²) in [4.78, 5) is 12.8. The molecule has 3 aromatic rings. The van der Waals surface area contributed by atoms with E-state index < -0.39 is 0 Å². The van der Waals surface area contributed by atoms with Crippen molar-refractivity contribution < 1.29 is 13.9 Å². The van der Waals surface area contributed by atoms with Crippen LogP contribution in [0.5, 0.6) is 5.75 Å². The van der Waals surface area contributed by atoms with Crippen molar-refractivity contribution in [3.05, 3.63) is 71.7 Å². The molecule has 6 heteroatoms. The maximum Gasteiger partial charge on any atom is 0.255 e. The largest absolute Gasteiger partial charge is 0.493 e. The standard InChI is InChI=1S/C19H16FN3O2/c20-13-7-5-12(6-8-13)18-15(11-21-23-18)19(24)22-16-9-10-25-17-4-2-1-3-14(16)17/h1-8,11,16H,9-10H2,(H,21,23)(H,22,24)/t16-/m0/s1. The Balaban J connectivity index is 1.59. The fourth-order valence-electron chi connectivity index (χ4n) is 3.02. The Kier molecular flexibility index (Phi) is 3.93. The maximum atomic E-state index is 13.1. The van der Waals surface area contributed by atoms with E-state index in [-0.39, 0.29) is 17.8 Å². The van der Waals surface area contributed by atoms with E-state index in [2.05, 4.69) is 15.5 Å². The number of nitrogens with one attached hydrogen (secondary N) is 2. The van der Waals surface area contributed by atoms with E-state index in [4.69, 9.17) is 4.74 Å². The minimum Gasteiger partial charge on any atom is -0.493 e. The van der Waals surface area contributed by atoms with Crippen LogP contribution in [0.2, 0.25) is 0 Å². The summed E-state index contributed by atoms with van der Waals surface area (Å²) >= 11 is 0. The Hall–Kier alpha value is -3.15. The molecule has 0 fully saturated rings. The number of para-hydroxylation sites is 1. The maximum absolute atomic E-state index is 13.1. The zero-order chi connectivity index (χ0) is 17.2. The van der Waals surface area contributed by atoms with Crippen molar-refractivity contribution in [3.8, 4) is 17.0 Å². The number of halogens is 1. The number of amides is 1. The van der Waals surface area contributed by atoms with Gasteiger partial charge in [-0.05, 0) is 30.3 Å². The van der Waals surface area contributed by atoms with Gasteiger partial charge in [0.1, 0.15) is 11.6 Å². The first kappa shape index (κ1) is 15.4. The highest BCUT2D eigenvalue weighted by Gasteiger charge is 2.24. The highest BCUT2D eigenvalue weighted by atomic mass is 19.1. The van der Waals surface area contributed by atoms with Gasteiger partial charge in [-0.15, -0.1) is 0 Å². The predicted octanol–water partition coefficient (Wildman–Crippen LogP) is 3.47. The minimum absolute atomic E-state index is 0.117. The number of hydrogen-bond donors (Lipinski definition) is 2. The SMILES string of the molecule is O=C(N[C@H]1CCOc2ccccc21)c1cn[nH]c1-c1ccc(F)cc1. The Morgan fingerprint density at radius 3 is 2.84 bits per heavy atom. The summed E-state index contributed by atoms with van der Waals surface area (Å²) in [5.74, 6) is 0.243. The number of carbonyl (C=O) groups excluding carboxylic acids is 1. The third kappa shape index (κ3) is 2.98. The summed E-state index contributed by atoms with van der Waals surface area (Å²) < 4.78 is 18.7. The van der Waals surface area contributed by atoms with Crippen LogP contribution in [-0.2, 0) is 0 Å². The van der Waals surface area contributed by atoms with Crippen LogP contribution in [0.4, 0.5) is 4.39 Å². The monoisotopic (exact) mass is 337 g/mol. The Morgan fingerprint density at radius 2 is 2.00 bits per heavy atom. The van der Waals surface area contributed by atoms with Crippen LogP contribution in [-0.4, -0.2) is 22.7 Å². The molecule has 4 rings (SSSR count). The third-order valence-corrected chi connectivity index (χ3v) is 4.28. The van der Waals surface area contributed by atoms with Gasteiger partial charge in [0.15, 0.2) is 0 Å². The van der Waals surface area contributed by atoms with Crippen molar-refractivity contribution in [2.45, 2.75) is 12.5 Å². The first-order chi connectivity index (χ1) is 12.2. The first-order valence-electron chi connectivity index (χ1n) is 8.04. The van der Waals surface area contributed by atoms with E-state index in [0.29, 0.717) is 29.8 Å². The molecule has 0 saturated heterocycles. The van der Waals surface area contributed by atoms with Crippen LogP contribution in [0.1, 0.15) is 28.4 Å². The van der Waals surface area contributed by atoms with Gasteiger partial charge in [0.2, 0.25) is 0 Å². The number of ether oxygens (including phenoxy) is 1. The predicted molar refractivity (Wildman–Crippen MR) is 90.7 cm³/mol. The van der Waals surface area contributed by atoms with E-state index in [9.17, 15) is 9.18 Å². The zero-order valence-electron chi connectivity index (χ0n) is 13.3. The molecule has 0 aliphatic carbocycles. The molecule has 25 heavy (non-hydrogen) atoms. The summed E-state index contributed by atoms with van der Waals surface area (Å²) in [7, 11) is 0. The van der Waals surface area contributed by atoms with Crippen LogP contribution in [0.25, 0.3) is 11.3 Å². The third-order valence-electron chi connectivity index (χ3n) is 4.28. The zero-order valence-corrected chi connectivity index (χ0v) is 13.3. The normalized spacial score (nSPS) is 16.0. The Bertz CT molecular complexity index is 905. The molecule has 1 aromatic heterocycles. The Labute approximate surface area is 143 Å². The van der Waals surface area contributed by atoms with Gasteiger partial charge in [-0.25, -0.2) is 4.39 Å². The summed E-state index contributed by atoms with van der Waals surface area (Å²) in [6.45, 7) is 0.554. The van der Waals surface area contributed by atoms with Crippen molar-refractivity contribution in [1.82, 2.24) is 15.5 Å². The number of nitrogens with zero attached hydrogens (tertiary/aromatic N) is 1. The van der Waals surface area contributed by atoms with Gasteiger partial charge in [0.25, 0.3) is 5.91 Å². The fourth-order valence-corrected chi connectivity index (χ4v) is 3.02. The molecular weight excluding hydrogens is 321 g/mol. The molecule has 5 nitrogen and oxygen atoms in total. The molecule has 1 aliphatic heterocycles. The summed E-state index contributed by atoms with van der Waals surface area (Å²) in [5.41, 5.74) is 2.67. The van der Waals surface area contributed by atoms with E-state index in [1.54, 1.807) is 12.1 Å². The van der Waals surface area contributed by atoms with Crippen LogP contribution < -0.4 is 10.1 Å². The number of fused-ring (bicyclic) bond motifs is 1. The molecule has 0 unspecified atom stereocenters. The molecule has 0 saturated carbocycles. The highest BCUT2D eigenvalue weighted by molar-refractivity contribution is 6.00.